The Kier molecular flexibility index (Phi) is 2.64. The molecule has 0 bridgehead atoms. The van der Waals surface area contributed by atoms with Gasteiger partial charge in [-0.1, -0.05) is 12.7 Å². The van der Waals surface area contributed by atoms with E-state index < -0.39 is 4.92 Å². The van der Waals surface area contributed by atoms with Gasteiger partial charge in [-0.25, -0.2) is 0 Å². The van der Waals surface area contributed by atoms with E-state index in [4.69, 9.17) is 4.74 Å². The fraction of sp³-hybridized carbons (Fsp3) is 0.111. The van der Waals surface area contributed by atoms with E-state index in [9.17, 15) is 10.1 Å². The van der Waals surface area contributed by atoms with E-state index in [2.05, 4.69) is 12.6 Å². The van der Waals surface area contributed by atoms with Crippen LogP contribution in [0.1, 0.15) is 5.56 Å². The third kappa shape index (κ3) is 1.84. The van der Waals surface area contributed by atoms with Crippen molar-refractivity contribution in [3.8, 4) is 5.75 Å². The molecule has 4 nitrogen and oxygen atoms in total. The molecular formula is C9H8NO3. The number of nitro groups is 1. The molecule has 0 amide bonds. The summed E-state index contributed by atoms with van der Waals surface area (Å²) in [6, 6.07) is 5.58. The number of ether oxygens (including phenoxy) is 1. The van der Waals surface area contributed by atoms with Gasteiger partial charge in [0, 0.05) is 6.07 Å². The molecule has 1 rings (SSSR count). The quantitative estimate of drug-likeness (QED) is 0.525. The van der Waals surface area contributed by atoms with Crippen LogP contribution in [-0.4, -0.2) is 12.0 Å². The maximum atomic E-state index is 10.5. The summed E-state index contributed by atoms with van der Waals surface area (Å²) in [6.07, 6.45) is 1.49. The maximum absolute atomic E-state index is 10.5. The first-order valence-corrected chi connectivity index (χ1v) is 3.55. The first kappa shape index (κ1) is 9.25. The standard InChI is InChI=1S/C9H8NO3/c1-3-7-4-5-9(13-2)8(6-7)10(11)12/h3,5-6H,1H2,2H3. The highest BCUT2D eigenvalue weighted by Gasteiger charge is 2.13. The van der Waals surface area contributed by atoms with Gasteiger partial charge < -0.3 is 4.74 Å². The van der Waals surface area contributed by atoms with Gasteiger partial charge >= 0.3 is 5.69 Å². The number of hydrogen-bond acceptors (Lipinski definition) is 3. The number of benzene rings is 1. The van der Waals surface area contributed by atoms with Crippen LogP contribution in [0.3, 0.4) is 0 Å². The summed E-state index contributed by atoms with van der Waals surface area (Å²) in [5.74, 6) is 0.204. The van der Waals surface area contributed by atoms with Crippen LogP contribution in [0.4, 0.5) is 5.69 Å². The molecule has 0 aromatic heterocycles. The molecule has 0 unspecified atom stereocenters. The first-order valence-electron chi connectivity index (χ1n) is 3.55. The molecule has 0 saturated heterocycles. The zero-order valence-corrected chi connectivity index (χ0v) is 7.11. The number of rotatable bonds is 3. The lowest BCUT2D eigenvalue weighted by molar-refractivity contribution is -0.385. The molecule has 1 aromatic rings. The van der Waals surface area contributed by atoms with Crippen LogP contribution in [0.5, 0.6) is 5.75 Å². The largest absolute Gasteiger partial charge is 0.490 e. The molecule has 0 fully saturated rings. The van der Waals surface area contributed by atoms with Crippen LogP contribution >= 0.6 is 0 Å². The van der Waals surface area contributed by atoms with Crippen molar-refractivity contribution in [1.82, 2.24) is 0 Å². The van der Waals surface area contributed by atoms with Crippen molar-refractivity contribution in [2.75, 3.05) is 7.11 Å². The van der Waals surface area contributed by atoms with Crippen molar-refractivity contribution < 1.29 is 9.66 Å². The summed E-state index contributed by atoms with van der Waals surface area (Å²) < 4.78 is 4.80. The average Bonchev–Trinajstić information content (AvgIpc) is 2.16. The van der Waals surface area contributed by atoms with E-state index in [-0.39, 0.29) is 11.4 Å². The minimum atomic E-state index is -0.500. The zero-order chi connectivity index (χ0) is 9.84. The van der Waals surface area contributed by atoms with E-state index >= 15 is 0 Å². The minimum absolute atomic E-state index is 0.0730. The second kappa shape index (κ2) is 3.71. The van der Waals surface area contributed by atoms with Gasteiger partial charge in [0.25, 0.3) is 0 Å². The molecule has 1 radical (unpaired) electrons. The van der Waals surface area contributed by atoms with Gasteiger partial charge in [0.15, 0.2) is 5.75 Å². The Balaban J connectivity index is 3.25. The van der Waals surface area contributed by atoms with E-state index in [0.717, 1.165) is 0 Å². The third-order valence-corrected chi connectivity index (χ3v) is 1.55. The summed E-state index contributed by atoms with van der Waals surface area (Å²) in [7, 11) is 1.38. The molecule has 0 atom stereocenters. The summed E-state index contributed by atoms with van der Waals surface area (Å²) in [4.78, 5) is 10.0. The fourth-order valence-electron chi connectivity index (χ4n) is 0.907. The Morgan fingerprint density at radius 3 is 2.92 bits per heavy atom. The number of methoxy groups -OCH3 is 1. The van der Waals surface area contributed by atoms with Gasteiger partial charge in [0.1, 0.15) is 0 Å². The summed E-state index contributed by atoms with van der Waals surface area (Å²) in [6.45, 7) is 3.49. The molecule has 0 saturated carbocycles. The highest BCUT2D eigenvalue weighted by atomic mass is 16.6. The van der Waals surface area contributed by atoms with Crippen molar-refractivity contribution in [2.45, 2.75) is 0 Å². The Bertz CT molecular complexity index is 347. The summed E-state index contributed by atoms with van der Waals surface area (Å²) >= 11 is 0. The van der Waals surface area contributed by atoms with Gasteiger partial charge in [-0.3, -0.25) is 10.1 Å². The number of hydrogen-bond donors (Lipinski definition) is 0. The Morgan fingerprint density at radius 1 is 1.77 bits per heavy atom. The van der Waals surface area contributed by atoms with Gasteiger partial charge in [0.2, 0.25) is 0 Å². The lowest BCUT2D eigenvalue weighted by Crippen LogP contribution is -1.93. The highest BCUT2D eigenvalue weighted by Crippen LogP contribution is 2.27. The molecule has 1 aromatic carbocycles. The highest BCUT2D eigenvalue weighted by molar-refractivity contribution is 5.56. The van der Waals surface area contributed by atoms with Crippen LogP contribution in [0, 0.1) is 16.2 Å². The van der Waals surface area contributed by atoms with Crippen molar-refractivity contribution >= 4 is 11.8 Å². The predicted molar refractivity (Wildman–Crippen MR) is 48.6 cm³/mol. The van der Waals surface area contributed by atoms with Crippen molar-refractivity contribution in [3.63, 3.8) is 0 Å². The average molecular weight is 178 g/mol. The predicted octanol–water partition coefficient (Wildman–Crippen LogP) is 2.05. The fourth-order valence-corrected chi connectivity index (χ4v) is 0.907. The van der Waals surface area contributed by atoms with E-state index in [1.54, 1.807) is 0 Å². The summed E-state index contributed by atoms with van der Waals surface area (Å²) in [5, 5.41) is 10.5. The van der Waals surface area contributed by atoms with Gasteiger partial charge in [-0.2, -0.15) is 0 Å². The van der Waals surface area contributed by atoms with E-state index in [0.29, 0.717) is 5.56 Å². The molecule has 67 valence electrons. The molecule has 0 aliphatic rings. The monoisotopic (exact) mass is 178 g/mol. The lowest BCUT2D eigenvalue weighted by atomic mass is 10.2. The Hall–Kier alpha value is -1.84. The molecule has 0 aliphatic heterocycles. The second-order valence-electron chi connectivity index (χ2n) is 2.30. The van der Waals surface area contributed by atoms with Crippen molar-refractivity contribution in [2.24, 2.45) is 0 Å². The lowest BCUT2D eigenvalue weighted by Gasteiger charge is -2.00. The number of nitrogens with zero attached hydrogens (tertiary/aromatic N) is 1. The molecule has 0 aliphatic carbocycles. The minimum Gasteiger partial charge on any atom is -0.490 e. The van der Waals surface area contributed by atoms with E-state index in [1.807, 2.05) is 0 Å². The zero-order valence-electron chi connectivity index (χ0n) is 7.11. The maximum Gasteiger partial charge on any atom is 0.311 e. The SMILES string of the molecule is C=Cc1[c]cc(OC)c([N+](=O)[O-])c1. The van der Waals surface area contributed by atoms with Crippen molar-refractivity contribution in [1.29, 1.82) is 0 Å². The van der Waals surface area contributed by atoms with Crippen LogP contribution in [0.25, 0.3) is 6.08 Å². The molecule has 0 heterocycles. The topological polar surface area (TPSA) is 52.4 Å². The molecule has 0 spiro atoms. The van der Waals surface area contributed by atoms with E-state index in [1.165, 1.54) is 25.3 Å². The third-order valence-electron chi connectivity index (χ3n) is 1.55. The van der Waals surface area contributed by atoms with Gasteiger partial charge in [-0.15, -0.1) is 0 Å². The normalized spacial score (nSPS) is 9.31. The van der Waals surface area contributed by atoms with Crippen LogP contribution in [0.2, 0.25) is 0 Å². The van der Waals surface area contributed by atoms with Crippen LogP contribution in [0.15, 0.2) is 18.7 Å². The number of nitro benzene ring substituents is 1. The van der Waals surface area contributed by atoms with Gasteiger partial charge in [-0.05, 0) is 17.7 Å². The molecule has 0 N–H and O–H groups in total. The van der Waals surface area contributed by atoms with Crippen LogP contribution in [-0.2, 0) is 0 Å². The second-order valence-corrected chi connectivity index (χ2v) is 2.30. The Morgan fingerprint density at radius 2 is 2.46 bits per heavy atom. The Labute approximate surface area is 75.6 Å². The summed E-state index contributed by atoms with van der Waals surface area (Å²) in [5.41, 5.74) is 0.503. The van der Waals surface area contributed by atoms with Crippen LogP contribution < -0.4 is 4.74 Å². The van der Waals surface area contributed by atoms with Crippen molar-refractivity contribution in [3.05, 3.63) is 40.5 Å². The smallest absolute Gasteiger partial charge is 0.311 e. The first-order chi connectivity index (χ1) is 6.19. The molecular weight excluding hydrogens is 170 g/mol. The molecule has 13 heavy (non-hydrogen) atoms. The van der Waals surface area contributed by atoms with Gasteiger partial charge in [0.05, 0.1) is 12.0 Å². The molecule has 4 heteroatoms.